The van der Waals surface area contributed by atoms with Crippen LogP contribution >= 0.6 is 0 Å². The molecule has 0 rings (SSSR count). The highest BCUT2D eigenvalue weighted by Crippen LogP contribution is 1.84. The maximum absolute atomic E-state index is 11.3. The first-order valence-corrected chi connectivity index (χ1v) is 4.85. The number of likely N-dealkylation sites (N-methyl/N-ethyl adjacent to an activating group) is 1. The van der Waals surface area contributed by atoms with E-state index in [1.54, 1.807) is 7.11 Å². The summed E-state index contributed by atoms with van der Waals surface area (Å²) in [7, 11) is 3.52. The number of ether oxygens (including phenoxy) is 1. The Morgan fingerprint density at radius 1 is 1.57 bits per heavy atom. The van der Waals surface area contributed by atoms with E-state index in [9.17, 15) is 4.79 Å². The summed E-state index contributed by atoms with van der Waals surface area (Å²) in [5, 5.41) is 2.75. The topological polar surface area (TPSA) is 67.6 Å². The highest BCUT2D eigenvalue weighted by molar-refractivity contribution is 5.77. The van der Waals surface area contributed by atoms with E-state index in [0.29, 0.717) is 26.2 Å². The molecule has 1 amide bonds. The molecule has 3 N–H and O–H groups in total. The Morgan fingerprint density at radius 2 is 2.29 bits per heavy atom. The molecule has 0 spiro atoms. The normalized spacial score (nSPS) is 10.6. The summed E-state index contributed by atoms with van der Waals surface area (Å²) in [4.78, 5) is 13.2. The molecule has 0 fully saturated rings. The highest BCUT2D eigenvalue weighted by atomic mass is 16.5. The molecular formula is C9H21N3O2. The van der Waals surface area contributed by atoms with Gasteiger partial charge in [0.1, 0.15) is 0 Å². The van der Waals surface area contributed by atoms with Crippen LogP contribution in [0.5, 0.6) is 0 Å². The van der Waals surface area contributed by atoms with Gasteiger partial charge in [0.05, 0.1) is 13.2 Å². The molecule has 0 saturated carbocycles. The predicted molar refractivity (Wildman–Crippen MR) is 56.1 cm³/mol. The van der Waals surface area contributed by atoms with Crippen LogP contribution in [0.4, 0.5) is 0 Å². The van der Waals surface area contributed by atoms with Crippen molar-refractivity contribution in [3.05, 3.63) is 0 Å². The van der Waals surface area contributed by atoms with Gasteiger partial charge >= 0.3 is 0 Å². The van der Waals surface area contributed by atoms with Crippen LogP contribution in [0.1, 0.15) is 6.42 Å². The van der Waals surface area contributed by atoms with Gasteiger partial charge in [0.15, 0.2) is 0 Å². The lowest BCUT2D eigenvalue weighted by Gasteiger charge is -2.15. The molecule has 0 aromatic rings. The number of amides is 1. The van der Waals surface area contributed by atoms with Gasteiger partial charge in [-0.15, -0.1) is 0 Å². The molecule has 0 aromatic carbocycles. The van der Waals surface area contributed by atoms with E-state index in [0.717, 1.165) is 13.0 Å². The van der Waals surface area contributed by atoms with Crippen molar-refractivity contribution in [3.63, 3.8) is 0 Å². The maximum atomic E-state index is 11.3. The molecule has 0 aromatic heterocycles. The van der Waals surface area contributed by atoms with Gasteiger partial charge in [0.25, 0.3) is 0 Å². The highest BCUT2D eigenvalue weighted by Gasteiger charge is 2.04. The van der Waals surface area contributed by atoms with Crippen molar-refractivity contribution in [2.45, 2.75) is 6.42 Å². The summed E-state index contributed by atoms with van der Waals surface area (Å²) in [5.41, 5.74) is 5.36. The lowest BCUT2D eigenvalue weighted by atomic mass is 10.4. The van der Waals surface area contributed by atoms with Crippen molar-refractivity contribution in [3.8, 4) is 0 Å². The third kappa shape index (κ3) is 7.97. The quantitative estimate of drug-likeness (QED) is 0.498. The minimum absolute atomic E-state index is 0.0292. The molecular weight excluding hydrogens is 182 g/mol. The molecule has 0 aliphatic carbocycles. The number of nitrogens with one attached hydrogen (secondary N) is 1. The zero-order chi connectivity index (χ0) is 10.8. The lowest BCUT2D eigenvalue weighted by molar-refractivity contribution is -0.122. The number of methoxy groups -OCH3 is 1. The number of hydrogen-bond donors (Lipinski definition) is 2. The molecule has 0 radical (unpaired) electrons. The van der Waals surface area contributed by atoms with Crippen molar-refractivity contribution in [2.75, 3.05) is 46.9 Å². The summed E-state index contributed by atoms with van der Waals surface area (Å²) < 4.78 is 4.82. The second kappa shape index (κ2) is 8.93. The lowest BCUT2D eigenvalue weighted by Crippen LogP contribution is -2.37. The van der Waals surface area contributed by atoms with Gasteiger partial charge < -0.3 is 15.8 Å². The van der Waals surface area contributed by atoms with E-state index >= 15 is 0 Å². The minimum atomic E-state index is 0.0292. The number of nitrogens with zero attached hydrogens (tertiary/aromatic N) is 1. The van der Waals surface area contributed by atoms with Crippen molar-refractivity contribution in [1.29, 1.82) is 0 Å². The van der Waals surface area contributed by atoms with Crippen LogP contribution in [-0.2, 0) is 9.53 Å². The number of nitrogens with two attached hydrogens (primary N) is 1. The number of rotatable bonds is 8. The first kappa shape index (κ1) is 13.4. The first-order chi connectivity index (χ1) is 6.70. The molecule has 0 aliphatic heterocycles. The van der Waals surface area contributed by atoms with E-state index in [-0.39, 0.29) is 5.91 Å². The molecule has 5 heteroatoms. The fourth-order valence-corrected chi connectivity index (χ4v) is 1.03. The van der Waals surface area contributed by atoms with Gasteiger partial charge in [-0.1, -0.05) is 0 Å². The van der Waals surface area contributed by atoms with E-state index in [2.05, 4.69) is 5.32 Å². The Bertz CT molecular complexity index is 153. The third-order valence-electron chi connectivity index (χ3n) is 1.79. The Balaban J connectivity index is 3.40. The Kier molecular flexibility index (Phi) is 8.51. The van der Waals surface area contributed by atoms with Crippen LogP contribution < -0.4 is 11.1 Å². The zero-order valence-corrected chi connectivity index (χ0v) is 9.08. The maximum Gasteiger partial charge on any atom is 0.234 e. The van der Waals surface area contributed by atoms with Gasteiger partial charge in [-0.2, -0.15) is 0 Å². The monoisotopic (exact) mass is 203 g/mol. The van der Waals surface area contributed by atoms with Gasteiger partial charge in [-0.25, -0.2) is 0 Å². The fraction of sp³-hybridized carbons (Fsp3) is 0.889. The van der Waals surface area contributed by atoms with E-state index < -0.39 is 0 Å². The largest absolute Gasteiger partial charge is 0.383 e. The van der Waals surface area contributed by atoms with E-state index in [1.165, 1.54) is 0 Å². The van der Waals surface area contributed by atoms with Crippen molar-refractivity contribution in [2.24, 2.45) is 5.73 Å². The van der Waals surface area contributed by atoms with Crippen LogP contribution in [0.25, 0.3) is 0 Å². The SMILES string of the molecule is COCCNC(=O)CN(C)CCCN. The van der Waals surface area contributed by atoms with Crippen LogP contribution in [-0.4, -0.2) is 57.8 Å². The Morgan fingerprint density at radius 3 is 2.86 bits per heavy atom. The Hall–Kier alpha value is -0.650. The van der Waals surface area contributed by atoms with Gasteiger partial charge in [0.2, 0.25) is 5.91 Å². The fourth-order valence-electron chi connectivity index (χ4n) is 1.03. The molecule has 0 bridgehead atoms. The molecule has 0 aliphatic rings. The van der Waals surface area contributed by atoms with Crippen LogP contribution in [0.15, 0.2) is 0 Å². The molecule has 14 heavy (non-hydrogen) atoms. The molecule has 0 atom stereocenters. The molecule has 0 unspecified atom stereocenters. The van der Waals surface area contributed by atoms with E-state index in [1.807, 2.05) is 11.9 Å². The summed E-state index contributed by atoms with van der Waals surface area (Å²) in [6, 6.07) is 0. The minimum Gasteiger partial charge on any atom is -0.383 e. The zero-order valence-electron chi connectivity index (χ0n) is 9.08. The van der Waals surface area contributed by atoms with E-state index in [4.69, 9.17) is 10.5 Å². The molecule has 84 valence electrons. The predicted octanol–water partition coefficient (Wildman–Crippen LogP) is -0.970. The molecule has 5 nitrogen and oxygen atoms in total. The second-order valence-corrected chi connectivity index (χ2v) is 3.22. The smallest absolute Gasteiger partial charge is 0.234 e. The average Bonchev–Trinajstić information content (AvgIpc) is 2.15. The van der Waals surface area contributed by atoms with Crippen LogP contribution in [0.3, 0.4) is 0 Å². The summed E-state index contributed by atoms with van der Waals surface area (Å²) in [5.74, 6) is 0.0292. The number of carbonyl (C=O) groups is 1. The Labute approximate surface area is 85.6 Å². The van der Waals surface area contributed by atoms with Crippen LogP contribution in [0, 0.1) is 0 Å². The van der Waals surface area contributed by atoms with Gasteiger partial charge in [-0.3, -0.25) is 9.69 Å². The first-order valence-electron chi connectivity index (χ1n) is 4.85. The standard InChI is InChI=1S/C9H21N3O2/c1-12(6-3-4-10)8-9(13)11-5-7-14-2/h3-8,10H2,1-2H3,(H,11,13). The third-order valence-corrected chi connectivity index (χ3v) is 1.79. The van der Waals surface area contributed by atoms with Gasteiger partial charge in [0, 0.05) is 13.7 Å². The van der Waals surface area contributed by atoms with Crippen molar-refractivity contribution >= 4 is 5.91 Å². The van der Waals surface area contributed by atoms with Crippen LogP contribution in [0.2, 0.25) is 0 Å². The number of carbonyl (C=O) groups excluding carboxylic acids is 1. The summed E-state index contributed by atoms with van der Waals surface area (Å²) in [6.45, 7) is 3.06. The molecule has 0 saturated heterocycles. The van der Waals surface area contributed by atoms with Gasteiger partial charge in [-0.05, 0) is 26.6 Å². The molecule has 0 heterocycles. The second-order valence-electron chi connectivity index (χ2n) is 3.22. The van der Waals surface area contributed by atoms with Crippen molar-refractivity contribution in [1.82, 2.24) is 10.2 Å². The average molecular weight is 203 g/mol. The number of hydrogen-bond acceptors (Lipinski definition) is 4. The summed E-state index contributed by atoms with van der Waals surface area (Å²) >= 11 is 0. The summed E-state index contributed by atoms with van der Waals surface area (Å²) in [6.07, 6.45) is 0.919. The van der Waals surface area contributed by atoms with Crippen molar-refractivity contribution < 1.29 is 9.53 Å².